The third kappa shape index (κ3) is 1.20. The van der Waals surface area contributed by atoms with Crippen LogP contribution in [-0.4, -0.2) is 10.8 Å². The van der Waals surface area contributed by atoms with Gasteiger partial charge in [0.15, 0.2) is 0 Å². The van der Waals surface area contributed by atoms with Crippen LogP contribution < -0.4 is 0 Å². The maximum absolute atomic E-state index is 5.94. The summed E-state index contributed by atoms with van der Waals surface area (Å²) in [5.41, 5.74) is 0.281. The Morgan fingerprint density at radius 2 is 1.44 bits per heavy atom. The van der Waals surface area contributed by atoms with Crippen molar-refractivity contribution in [1.82, 2.24) is 0 Å². The van der Waals surface area contributed by atoms with Crippen molar-refractivity contribution in [3.8, 4) is 0 Å². The topological polar surface area (TPSA) is 0 Å². The first-order chi connectivity index (χ1) is 4.09. The van der Waals surface area contributed by atoms with Gasteiger partial charge in [0.2, 0.25) is 0 Å². The van der Waals surface area contributed by atoms with Gasteiger partial charge >= 0.3 is 0 Å². The molecule has 0 nitrogen and oxygen atoms in total. The summed E-state index contributed by atoms with van der Waals surface area (Å²) >= 11 is 11.9. The average molecular weight is 167 g/mol. The van der Waals surface area contributed by atoms with Crippen LogP contribution in [0, 0.1) is 5.41 Å². The SMILES string of the molecule is C[C@H](Cl)C1([C@H](C)Cl)CC1. The van der Waals surface area contributed by atoms with Gasteiger partial charge in [-0.2, -0.15) is 0 Å². The quantitative estimate of drug-likeness (QED) is 0.554. The van der Waals surface area contributed by atoms with E-state index in [2.05, 4.69) is 0 Å². The molecule has 0 aromatic carbocycles. The third-order valence-electron chi connectivity index (χ3n) is 2.41. The van der Waals surface area contributed by atoms with Crippen molar-refractivity contribution in [3.05, 3.63) is 0 Å². The molecule has 0 heterocycles. The monoisotopic (exact) mass is 166 g/mol. The van der Waals surface area contributed by atoms with Crippen LogP contribution in [0.5, 0.6) is 0 Å². The standard InChI is InChI=1S/C7H12Cl2/c1-5(8)7(3-4-7)6(2)9/h5-6H,3-4H2,1-2H3/t5-,6-/m0/s1. The zero-order valence-electron chi connectivity index (χ0n) is 5.82. The van der Waals surface area contributed by atoms with Gasteiger partial charge in [-0.05, 0) is 26.7 Å². The van der Waals surface area contributed by atoms with E-state index >= 15 is 0 Å². The minimum atomic E-state index is 0.241. The Morgan fingerprint density at radius 3 is 1.44 bits per heavy atom. The summed E-state index contributed by atoms with van der Waals surface area (Å²) in [5, 5.41) is 0.481. The predicted molar refractivity (Wildman–Crippen MR) is 42.3 cm³/mol. The van der Waals surface area contributed by atoms with E-state index < -0.39 is 0 Å². The molecule has 0 aromatic heterocycles. The van der Waals surface area contributed by atoms with E-state index in [1.54, 1.807) is 0 Å². The minimum absolute atomic E-state index is 0.241. The molecular weight excluding hydrogens is 155 g/mol. The van der Waals surface area contributed by atoms with Crippen molar-refractivity contribution in [2.24, 2.45) is 5.41 Å². The first-order valence-corrected chi connectivity index (χ1v) is 4.25. The van der Waals surface area contributed by atoms with Crippen molar-refractivity contribution in [2.45, 2.75) is 37.4 Å². The van der Waals surface area contributed by atoms with Crippen LogP contribution in [0.15, 0.2) is 0 Å². The molecule has 0 N–H and O–H groups in total. The van der Waals surface area contributed by atoms with Gasteiger partial charge in [0.1, 0.15) is 0 Å². The Bertz CT molecular complexity index is 93.5. The Kier molecular flexibility index (Phi) is 1.98. The molecule has 1 rings (SSSR count). The van der Waals surface area contributed by atoms with Crippen molar-refractivity contribution in [2.75, 3.05) is 0 Å². The number of halogens is 2. The molecule has 0 spiro atoms. The molecule has 1 fully saturated rings. The Morgan fingerprint density at radius 1 is 1.11 bits per heavy atom. The summed E-state index contributed by atoms with van der Waals surface area (Å²) in [6.07, 6.45) is 2.42. The number of hydrogen-bond donors (Lipinski definition) is 0. The van der Waals surface area contributed by atoms with Crippen LogP contribution in [-0.2, 0) is 0 Å². The van der Waals surface area contributed by atoms with Crippen LogP contribution in [0.25, 0.3) is 0 Å². The van der Waals surface area contributed by atoms with Gasteiger partial charge in [-0.3, -0.25) is 0 Å². The lowest BCUT2D eigenvalue weighted by Crippen LogP contribution is -2.21. The van der Waals surface area contributed by atoms with Gasteiger partial charge in [0.25, 0.3) is 0 Å². The molecule has 2 atom stereocenters. The molecule has 0 amide bonds. The molecule has 1 aliphatic carbocycles. The highest BCUT2D eigenvalue weighted by Gasteiger charge is 2.50. The summed E-state index contributed by atoms with van der Waals surface area (Å²) in [5.74, 6) is 0. The first kappa shape index (κ1) is 7.68. The Labute approximate surface area is 66.5 Å². The van der Waals surface area contributed by atoms with E-state index in [-0.39, 0.29) is 16.2 Å². The second kappa shape index (κ2) is 2.32. The minimum Gasteiger partial charge on any atom is -0.123 e. The fraction of sp³-hybridized carbons (Fsp3) is 1.00. The molecular formula is C7H12Cl2. The van der Waals surface area contributed by atoms with Crippen molar-refractivity contribution < 1.29 is 0 Å². The fourth-order valence-electron chi connectivity index (χ4n) is 1.26. The molecule has 0 unspecified atom stereocenters. The van der Waals surface area contributed by atoms with Crippen molar-refractivity contribution in [1.29, 1.82) is 0 Å². The van der Waals surface area contributed by atoms with E-state index in [0.29, 0.717) is 0 Å². The van der Waals surface area contributed by atoms with Crippen LogP contribution in [0.2, 0.25) is 0 Å². The van der Waals surface area contributed by atoms with Gasteiger partial charge in [-0.15, -0.1) is 23.2 Å². The smallest absolute Gasteiger partial charge is 0.0378 e. The second-order valence-electron chi connectivity index (χ2n) is 2.97. The van der Waals surface area contributed by atoms with E-state index in [0.717, 1.165) is 0 Å². The molecule has 54 valence electrons. The van der Waals surface area contributed by atoms with E-state index in [4.69, 9.17) is 23.2 Å². The molecule has 0 bridgehead atoms. The summed E-state index contributed by atoms with van der Waals surface area (Å²) in [7, 11) is 0. The molecule has 1 saturated carbocycles. The largest absolute Gasteiger partial charge is 0.123 e. The number of alkyl halides is 2. The highest BCUT2D eigenvalue weighted by Crippen LogP contribution is 2.55. The van der Waals surface area contributed by atoms with Gasteiger partial charge in [-0.1, -0.05) is 0 Å². The molecule has 1 aliphatic rings. The lowest BCUT2D eigenvalue weighted by molar-refractivity contribution is 0.489. The molecule has 2 heteroatoms. The molecule has 0 saturated heterocycles. The van der Waals surface area contributed by atoms with Gasteiger partial charge in [-0.25, -0.2) is 0 Å². The molecule has 0 radical (unpaired) electrons. The van der Waals surface area contributed by atoms with E-state index in [1.807, 2.05) is 13.8 Å². The van der Waals surface area contributed by atoms with Crippen LogP contribution in [0.1, 0.15) is 26.7 Å². The van der Waals surface area contributed by atoms with Crippen LogP contribution in [0.3, 0.4) is 0 Å². The van der Waals surface area contributed by atoms with Gasteiger partial charge < -0.3 is 0 Å². The summed E-state index contributed by atoms with van der Waals surface area (Å²) in [6.45, 7) is 4.07. The van der Waals surface area contributed by atoms with Gasteiger partial charge in [0.05, 0.1) is 0 Å². The number of hydrogen-bond acceptors (Lipinski definition) is 0. The second-order valence-corrected chi connectivity index (χ2v) is 4.27. The lowest BCUT2D eigenvalue weighted by atomic mass is 10.00. The lowest BCUT2D eigenvalue weighted by Gasteiger charge is -2.19. The Balaban J connectivity index is 2.52. The Hall–Kier alpha value is 0.580. The first-order valence-electron chi connectivity index (χ1n) is 3.38. The van der Waals surface area contributed by atoms with E-state index in [9.17, 15) is 0 Å². The zero-order chi connectivity index (χ0) is 7.07. The van der Waals surface area contributed by atoms with Gasteiger partial charge in [0, 0.05) is 16.2 Å². The van der Waals surface area contributed by atoms with Crippen LogP contribution >= 0.6 is 23.2 Å². The maximum atomic E-state index is 5.94. The van der Waals surface area contributed by atoms with Crippen LogP contribution in [0.4, 0.5) is 0 Å². The molecule has 0 aliphatic heterocycles. The van der Waals surface area contributed by atoms with E-state index in [1.165, 1.54) is 12.8 Å². The molecule has 0 aromatic rings. The van der Waals surface area contributed by atoms with Crippen molar-refractivity contribution in [3.63, 3.8) is 0 Å². The maximum Gasteiger partial charge on any atom is 0.0378 e. The highest BCUT2D eigenvalue weighted by molar-refractivity contribution is 6.24. The highest BCUT2D eigenvalue weighted by atomic mass is 35.5. The third-order valence-corrected chi connectivity index (χ3v) is 3.28. The summed E-state index contributed by atoms with van der Waals surface area (Å²) < 4.78 is 0. The summed E-state index contributed by atoms with van der Waals surface area (Å²) in [6, 6.07) is 0. The van der Waals surface area contributed by atoms with Crippen molar-refractivity contribution >= 4 is 23.2 Å². The zero-order valence-corrected chi connectivity index (χ0v) is 7.34. The molecule has 9 heavy (non-hydrogen) atoms. The summed E-state index contributed by atoms with van der Waals surface area (Å²) in [4.78, 5) is 0. The number of rotatable bonds is 2. The fourth-order valence-corrected chi connectivity index (χ4v) is 2.14. The normalized spacial score (nSPS) is 29.3. The predicted octanol–water partition coefficient (Wildman–Crippen LogP) is 3.02. The average Bonchev–Trinajstić information content (AvgIpc) is 2.40.